The van der Waals surface area contributed by atoms with Gasteiger partial charge in [0.15, 0.2) is 0 Å². The van der Waals surface area contributed by atoms with Crippen molar-refractivity contribution in [3.8, 4) is 5.75 Å². The Bertz CT molecular complexity index is 466. The molecule has 0 aromatic heterocycles. The molecular weight excluding hydrogens is 250 g/mol. The third-order valence-electron chi connectivity index (χ3n) is 4.36. The molecule has 3 nitrogen and oxygen atoms in total. The van der Waals surface area contributed by atoms with Crippen molar-refractivity contribution in [1.82, 2.24) is 5.32 Å². The van der Waals surface area contributed by atoms with Crippen LogP contribution in [0.3, 0.4) is 0 Å². The maximum absolute atomic E-state index is 6.09. The molecule has 1 aromatic carbocycles. The van der Waals surface area contributed by atoms with Gasteiger partial charge in [-0.3, -0.25) is 0 Å². The molecule has 1 saturated heterocycles. The minimum Gasteiger partial charge on any atom is -0.487 e. The number of rotatable bonds is 3. The molecule has 2 aliphatic rings. The van der Waals surface area contributed by atoms with E-state index in [1.54, 1.807) is 0 Å². The topological polar surface area (TPSA) is 30.5 Å². The highest BCUT2D eigenvalue weighted by molar-refractivity contribution is 5.38. The predicted molar refractivity (Wildman–Crippen MR) is 80.1 cm³/mol. The van der Waals surface area contributed by atoms with E-state index in [9.17, 15) is 0 Å². The first-order valence-corrected chi connectivity index (χ1v) is 7.71. The van der Waals surface area contributed by atoms with E-state index >= 15 is 0 Å². The first kappa shape index (κ1) is 13.9. The molecule has 0 spiro atoms. The van der Waals surface area contributed by atoms with Crippen LogP contribution < -0.4 is 10.1 Å². The molecular formula is C17H25NO2. The third kappa shape index (κ3) is 2.84. The van der Waals surface area contributed by atoms with E-state index in [2.05, 4.69) is 44.3 Å². The molecule has 0 radical (unpaired) electrons. The van der Waals surface area contributed by atoms with Crippen LogP contribution in [0.2, 0.25) is 0 Å². The van der Waals surface area contributed by atoms with E-state index in [0.29, 0.717) is 18.2 Å². The molecule has 110 valence electrons. The molecule has 20 heavy (non-hydrogen) atoms. The van der Waals surface area contributed by atoms with E-state index in [-0.39, 0.29) is 5.60 Å². The Morgan fingerprint density at radius 3 is 2.85 bits per heavy atom. The number of fused-ring (bicyclic) bond motifs is 1. The largest absolute Gasteiger partial charge is 0.487 e. The molecule has 3 unspecified atom stereocenters. The minimum atomic E-state index is -0.123. The van der Waals surface area contributed by atoms with Crippen molar-refractivity contribution in [2.24, 2.45) is 0 Å². The molecule has 0 aliphatic carbocycles. The zero-order valence-corrected chi connectivity index (χ0v) is 12.7. The van der Waals surface area contributed by atoms with Crippen molar-refractivity contribution >= 4 is 0 Å². The lowest BCUT2D eigenvalue weighted by molar-refractivity contribution is 0.0469. The minimum absolute atomic E-state index is 0.123. The average molecular weight is 275 g/mol. The van der Waals surface area contributed by atoms with E-state index in [1.807, 2.05) is 6.07 Å². The van der Waals surface area contributed by atoms with Crippen LogP contribution in [0.25, 0.3) is 0 Å². The van der Waals surface area contributed by atoms with Gasteiger partial charge in [0.2, 0.25) is 0 Å². The molecule has 0 bridgehead atoms. The van der Waals surface area contributed by atoms with Crippen LogP contribution in [0.5, 0.6) is 5.75 Å². The number of hydrogen-bond acceptors (Lipinski definition) is 3. The van der Waals surface area contributed by atoms with Gasteiger partial charge < -0.3 is 14.8 Å². The summed E-state index contributed by atoms with van der Waals surface area (Å²) in [7, 11) is 0. The second-order valence-electron chi connectivity index (χ2n) is 6.66. The van der Waals surface area contributed by atoms with E-state index in [0.717, 1.165) is 18.8 Å². The van der Waals surface area contributed by atoms with Crippen LogP contribution >= 0.6 is 0 Å². The molecule has 2 heterocycles. The fraction of sp³-hybridized carbons (Fsp3) is 0.647. The van der Waals surface area contributed by atoms with Crippen LogP contribution in [-0.2, 0) is 4.74 Å². The number of hydrogen-bond donors (Lipinski definition) is 1. The summed E-state index contributed by atoms with van der Waals surface area (Å²) in [6, 6.07) is 9.09. The molecule has 1 fully saturated rings. The Hall–Kier alpha value is -1.06. The van der Waals surface area contributed by atoms with Gasteiger partial charge in [-0.05, 0) is 39.7 Å². The average Bonchev–Trinajstić information content (AvgIpc) is 2.91. The van der Waals surface area contributed by atoms with Crippen molar-refractivity contribution in [2.45, 2.75) is 63.8 Å². The fourth-order valence-electron chi connectivity index (χ4n) is 3.37. The summed E-state index contributed by atoms with van der Waals surface area (Å²) in [5.41, 5.74) is 1.15. The Labute approximate surface area is 121 Å². The van der Waals surface area contributed by atoms with Gasteiger partial charge in [0.1, 0.15) is 11.4 Å². The Balaban J connectivity index is 1.78. The third-order valence-corrected chi connectivity index (χ3v) is 4.36. The summed E-state index contributed by atoms with van der Waals surface area (Å²) in [6.45, 7) is 7.47. The molecule has 1 N–H and O–H groups in total. The Kier molecular flexibility index (Phi) is 3.74. The van der Waals surface area contributed by atoms with Gasteiger partial charge in [-0.15, -0.1) is 0 Å². The highest BCUT2D eigenvalue weighted by atomic mass is 16.5. The second kappa shape index (κ2) is 5.38. The van der Waals surface area contributed by atoms with Crippen molar-refractivity contribution in [3.05, 3.63) is 29.8 Å². The molecule has 2 aliphatic heterocycles. The number of ether oxygens (including phenoxy) is 2. The summed E-state index contributed by atoms with van der Waals surface area (Å²) in [5, 5.41) is 3.77. The summed E-state index contributed by atoms with van der Waals surface area (Å²) in [6.07, 6.45) is 3.70. The van der Waals surface area contributed by atoms with Gasteiger partial charge in [0.05, 0.1) is 6.10 Å². The highest BCUT2D eigenvalue weighted by Crippen LogP contribution is 2.39. The molecule has 3 rings (SSSR count). The monoisotopic (exact) mass is 275 g/mol. The van der Waals surface area contributed by atoms with Gasteiger partial charge in [-0.25, -0.2) is 0 Å². The lowest BCUT2D eigenvalue weighted by Gasteiger charge is -2.39. The quantitative estimate of drug-likeness (QED) is 0.916. The summed E-state index contributed by atoms with van der Waals surface area (Å²) in [4.78, 5) is 0. The fourth-order valence-corrected chi connectivity index (χ4v) is 3.37. The van der Waals surface area contributed by atoms with Crippen molar-refractivity contribution in [1.29, 1.82) is 0 Å². The van der Waals surface area contributed by atoms with Gasteiger partial charge in [0, 0.05) is 30.7 Å². The van der Waals surface area contributed by atoms with Crippen LogP contribution in [0.15, 0.2) is 24.3 Å². The zero-order chi connectivity index (χ0) is 14.2. The lowest BCUT2D eigenvalue weighted by atomic mass is 9.89. The Morgan fingerprint density at radius 2 is 2.10 bits per heavy atom. The highest BCUT2D eigenvalue weighted by Gasteiger charge is 2.35. The number of para-hydroxylation sites is 1. The lowest BCUT2D eigenvalue weighted by Crippen LogP contribution is -2.45. The first-order valence-electron chi connectivity index (χ1n) is 7.71. The molecule has 3 atom stereocenters. The summed E-state index contributed by atoms with van der Waals surface area (Å²) in [5.74, 6) is 1.01. The smallest absolute Gasteiger partial charge is 0.124 e. The normalized spacial score (nSPS) is 29.6. The first-order chi connectivity index (χ1) is 9.55. The summed E-state index contributed by atoms with van der Waals surface area (Å²) >= 11 is 0. The van der Waals surface area contributed by atoms with Gasteiger partial charge in [-0.2, -0.15) is 0 Å². The summed E-state index contributed by atoms with van der Waals surface area (Å²) < 4.78 is 11.9. The van der Waals surface area contributed by atoms with Crippen LogP contribution in [-0.4, -0.2) is 24.4 Å². The number of nitrogens with one attached hydrogen (secondary N) is 1. The van der Waals surface area contributed by atoms with Gasteiger partial charge in [-0.1, -0.05) is 18.2 Å². The predicted octanol–water partition coefficient (Wildman–Crippen LogP) is 3.45. The van der Waals surface area contributed by atoms with Crippen molar-refractivity contribution < 1.29 is 9.47 Å². The number of benzene rings is 1. The van der Waals surface area contributed by atoms with Crippen molar-refractivity contribution in [2.75, 3.05) is 6.61 Å². The van der Waals surface area contributed by atoms with Gasteiger partial charge in [0.25, 0.3) is 0 Å². The van der Waals surface area contributed by atoms with E-state index in [4.69, 9.17) is 9.47 Å². The maximum atomic E-state index is 6.09. The van der Waals surface area contributed by atoms with Crippen molar-refractivity contribution in [3.63, 3.8) is 0 Å². The van der Waals surface area contributed by atoms with Crippen LogP contribution in [0.1, 0.15) is 51.6 Å². The van der Waals surface area contributed by atoms with Crippen LogP contribution in [0, 0.1) is 0 Å². The maximum Gasteiger partial charge on any atom is 0.124 e. The molecule has 0 amide bonds. The van der Waals surface area contributed by atoms with E-state index < -0.39 is 0 Å². The van der Waals surface area contributed by atoms with Gasteiger partial charge >= 0.3 is 0 Å². The molecule has 1 aromatic rings. The van der Waals surface area contributed by atoms with E-state index in [1.165, 1.54) is 18.4 Å². The Morgan fingerprint density at radius 1 is 1.30 bits per heavy atom. The van der Waals surface area contributed by atoms with Crippen LogP contribution in [0.4, 0.5) is 0 Å². The second-order valence-corrected chi connectivity index (χ2v) is 6.66. The molecule has 3 heteroatoms. The molecule has 0 saturated carbocycles. The zero-order valence-electron chi connectivity index (χ0n) is 12.7. The SMILES string of the molecule is CC(NC1CC(C)(C)Oc2ccccc21)C1CCCO1. The standard InChI is InChI=1S/C17H25NO2/c1-12(15-9-6-10-19-15)18-14-11-17(2,3)20-16-8-5-4-7-13(14)16/h4-5,7-8,12,14-15,18H,6,9-11H2,1-3H3.